The molecule has 5 heteroatoms. The normalized spacial score (nSPS) is 28.0. The van der Waals surface area contributed by atoms with Crippen molar-refractivity contribution in [1.29, 1.82) is 0 Å². The number of halogens is 2. The molecule has 94 valence electrons. The van der Waals surface area contributed by atoms with Crippen molar-refractivity contribution in [3.8, 4) is 0 Å². The number of hydrogen-bond acceptors (Lipinski definition) is 2. The van der Waals surface area contributed by atoms with E-state index in [9.17, 15) is 13.0 Å². The van der Waals surface area contributed by atoms with Crippen LogP contribution in [0.2, 0.25) is 0 Å². The molecule has 0 spiro atoms. The Hall–Kier alpha value is -0.810. The highest BCUT2D eigenvalue weighted by Crippen LogP contribution is 2.25. The third-order valence-corrected chi connectivity index (χ3v) is 4.53. The predicted molar refractivity (Wildman–Crippen MR) is 64.2 cm³/mol. The summed E-state index contributed by atoms with van der Waals surface area (Å²) in [5, 5.41) is 3.30. The third kappa shape index (κ3) is 2.90. The number of benzene rings is 1. The van der Waals surface area contributed by atoms with Gasteiger partial charge in [0, 0.05) is 33.9 Å². The number of rotatable bonds is 1. The maximum Gasteiger partial charge on any atom is 0.159 e. The first-order chi connectivity index (χ1) is 7.87. The molecule has 1 aliphatic heterocycles. The second-order valence-electron chi connectivity index (χ2n) is 5.01. The van der Waals surface area contributed by atoms with Crippen molar-refractivity contribution in [2.75, 3.05) is 11.5 Å². The van der Waals surface area contributed by atoms with Crippen LogP contribution in [0.5, 0.6) is 0 Å². The molecule has 0 bridgehead atoms. The molecule has 0 radical (unpaired) electrons. The molecule has 1 aliphatic rings. The van der Waals surface area contributed by atoms with Gasteiger partial charge in [0.25, 0.3) is 0 Å². The van der Waals surface area contributed by atoms with E-state index in [1.165, 1.54) is 12.1 Å². The van der Waals surface area contributed by atoms with E-state index in [0.29, 0.717) is 17.1 Å². The highest BCUT2D eigenvalue weighted by atomic mass is 32.2. The molecule has 2 unspecified atom stereocenters. The van der Waals surface area contributed by atoms with Gasteiger partial charge in [-0.05, 0) is 31.5 Å². The minimum Gasteiger partial charge on any atom is -0.303 e. The Balaban J connectivity index is 2.27. The van der Waals surface area contributed by atoms with E-state index in [4.69, 9.17) is 0 Å². The Bertz CT molecular complexity index is 462. The minimum absolute atomic E-state index is 0.185. The lowest BCUT2D eigenvalue weighted by Gasteiger charge is -2.36. The van der Waals surface area contributed by atoms with Crippen molar-refractivity contribution < 1.29 is 13.0 Å². The quantitative estimate of drug-likeness (QED) is 0.837. The summed E-state index contributed by atoms with van der Waals surface area (Å²) in [6, 6.07) is 3.63. The topological polar surface area (TPSA) is 29.1 Å². The summed E-state index contributed by atoms with van der Waals surface area (Å²) in [7, 11) is -0.931. The number of hydrogen-bond donors (Lipinski definition) is 1. The van der Waals surface area contributed by atoms with E-state index >= 15 is 0 Å². The summed E-state index contributed by atoms with van der Waals surface area (Å²) in [6.45, 7) is 3.91. The van der Waals surface area contributed by atoms with Crippen LogP contribution in [0.15, 0.2) is 18.2 Å². The average Bonchev–Trinajstić information content (AvgIpc) is 2.19. The van der Waals surface area contributed by atoms with E-state index in [1.54, 1.807) is 0 Å². The molecule has 2 nitrogen and oxygen atoms in total. The van der Waals surface area contributed by atoms with Crippen molar-refractivity contribution >= 4 is 10.8 Å². The summed E-state index contributed by atoms with van der Waals surface area (Å²) in [5.74, 6) is -0.704. The molecule has 1 aromatic carbocycles. The fourth-order valence-corrected chi connectivity index (χ4v) is 3.76. The summed E-state index contributed by atoms with van der Waals surface area (Å²) < 4.78 is 37.7. The van der Waals surface area contributed by atoms with Crippen LogP contribution in [-0.2, 0) is 10.8 Å². The van der Waals surface area contributed by atoms with Gasteiger partial charge in [0.1, 0.15) is 0 Å². The van der Waals surface area contributed by atoms with Crippen molar-refractivity contribution in [1.82, 2.24) is 5.32 Å². The monoisotopic (exact) mass is 259 g/mol. The molecule has 0 amide bonds. The van der Waals surface area contributed by atoms with Gasteiger partial charge in [-0.3, -0.25) is 4.21 Å². The summed E-state index contributed by atoms with van der Waals surface area (Å²) >= 11 is 0. The Morgan fingerprint density at radius 1 is 1.35 bits per heavy atom. The lowest BCUT2D eigenvalue weighted by atomic mass is 10.0. The van der Waals surface area contributed by atoms with Crippen molar-refractivity contribution in [2.45, 2.75) is 25.4 Å². The highest BCUT2D eigenvalue weighted by Gasteiger charge is 2.32. The fraction of sp³-hybridized carbons (Fsp3) is 0.500. The van der Waals surface area contributed by atoms with Crippen LogP contribution in [0, 0.1) is 11.6 Å². The molecule has 1 fully saturated rings. The van der Waals surface area contributed by atoms with Gasteiger partial charge in [-0.25, -0.2) is 8.78 Å². The van der Waals surface area contributed by atoms with Crippen LogP contribution in [-0.4, -0.2) is 21.3 Å². The molecule has 2 rings (SSSR count). The van der Waals surface area contributed by atoms with E-state index in [2.05, 4.69) is 5.32 Å². The van der Waals surface area contributed by atoms with Crippen molar-refractivity contribution in [3.63, 3.8) is 0 Å². The molecule has 0 aromatic heterocycles. The molecular formula is C12H15F2NOS. The smallest absolute Gasteiger partial charge is 0.159 e. The van der Waals surface area contributed by atoms with Crippen molar-refractivity contribution in [3.05, 3.63) is 35.4 Å². The first kappa shape index (κ1) is 12.6. The zero-order valence-electron chi connectivity index (χ0n) is 9.80. The van der Waals surface area contributed by atoms with Gasteiger partial charge in [-0.15, -0.1) is 0 Å². The Morgan fingerprint density at radius 2 is 2.06 bits per heavy atom. The van der Waals surface area contributed by atoms with Gasteiger partial charge in [0.05, 0.1) is 0 Å². The van der Waals surface area contributed by atoms with Gasteiger partial charge in [-0.2, -0.15) is 0 Å². The Kier molecular flexibility index (Phi) is 3.32. The standard InChI is InChI=1S/C12H15F2NOS/c1-12(2)7-17(16)6-11(15-12)8-3-4-9(13)10(14)5-8/h3-5,11,15H,6-7H2,1-2H3. The maximum absolute atomic E-state index is 13.1. The maximum atomic E-state index is 13.1. The number of nitrogens with one attached hydrogen (secondary N) is 1. The van der Waals surface area contributed by atoms with E-state index in [-0.39, 0.29) is 11.6 Å². The lowest BCUT2D eigenvalue weighted by Crippen LogP contribution is -2.52. The van der Waals surface area contributed by atoms with Gasteiger partial charge < -0.3 is 5.32 Å². The average molecular weight is 259 g/mol. The fourth-order valence-electron chi connectivity index (χ4n) is 2.11. The van der Waals surface area contributed by atoms with Gasteiger partial charge in [0.2, 0.25) is 0 Å². The SMILES string of the molecule is CC1(C)CS(=O)CC(c2ccc(F)c(F)c2)N1. The summed E-state index contributed by atoms with van der Waals surface area (Å²) in [6.07, 6.45) is 0. The zero-order chi connectivity index (χ0) is 12.6. The third-order valence-electron chi connectivity index (χ3n) is 2.79. The Labute approximate surface area is 102 Å². The van der Waals surface area contributed by atoms with Crippen LogP contribution in [0.4, 0.5) is 8.78 Å². The molecule has 17 heavy (non-hydrogen) atoms. The zero-order valence-corrected chi connectivity index (χ0v) is 10.6. The molecular weight excluding hydrogens is 244 g/mol. The van der Waals surface area contributed by atoms with Gasteiger partial charge >= 0.3 is 0 Å². The highest BCUT2D eigenvalue weighted by molar-refractivity contribution is 7.85. The van der Waals surface area contributed by atoms with Crippen LogP contribution in [0.1, 0.15) is 25.5 Å². The van der Waals surface area contributed by atoms with E-state index < -0.39 is 22.4 Å². The summed E-state index contributed by atoms with van der Waals surface area (Å²) in [5.41, 5.74) is 0.392. The molecule has 1 heterocycles. The van der Waals surface area contributed by atoms with Gasteiger partial charge in [0.15, 0.2) is 11.6 Å². The second-order valence-corrected chi connectivity index (χ2v) is 6.51. The molecule has 0 saturated carbocycles. The van der Waals surface area contributed by atoms with E-state index in [1.807, 2.05) is 13.8 Å². The summed E-state index contributed by atoms with van der Waals surface area (Å²) in [4.78, 5) is 0. The molecule has 1 saturated heterocycles. The van der Waals surface area contributed by atoms with Crippen LogP contribution in [0.3, 0.4) is 0 Å². The second kappa shape index (κ2) is 4.46. The first-order valence-electron chi connectivity index (χ1n) is 5.45. The minimum atomic E-state index is -0.931. The Morgan fingerprint density at radius 3 is 2.65 bits per heavy atom. The van der Waals surface area contributed by atoms with Crippen LogP contribution in [0.25, 0.3) is 0 Å². The van der Waals surface area contributed by atoms with Crippen LogP contribution < -0.4 is 5.32 Å². The largest absolute Gasteiger partial charge is 0.303 e. The molecule has 1 N–H and O–H groups in total. The van der Waals surface area contributed by atoms with Gasteiger partial charge in [-0.1, -0.05) is 6.07 Å². The first-order valence-corrected chi connectivity index (χ1v) is 6.94. The van der Waals surface area contributed by atoms with Crippen molar-refractivity contribution in [2.24, 2.45) is 0 Å². The predicted octanol–water partition coefficient (Wildman–Crippen LogP) is 2.14. The van der Waals surface area contributed by atoms with E-state index in [0.717, 1.165) is 6.07 Å². The molecule has 2 atom stereocenters. The molecule has 0 aliphatic carbocycles. The molecule has 1 aromatic rings. The van der Waals surface area contributed by atoms with Crippen LogP contribution >= 0.6 is 0 Å². The lowest BCUT2D eigenvalue weighted by molar-refractivity contribution is 0.367.